The molecule has 26 heavy (non-hydrogen) atoms. The molecule has 0 bridgehead atoms. The van der Waals surface area contributed by atoms with Gasteiger partial charge in [-0.2, -0.15) is 5.26 Å². The van der Waals surface area contributed by atoms with Crippen LogP contribution in [0.5, 0.6) is 11.5 Å². The van der Waals surface area contributed by atoms with Crippen molar-refractivity contribution in [3.05, 3.63) is 53.2 Å². The lowest BCUT2D eigenvalue weighted by Gasteiger charge is -2.17. The first-order valence-corrected chi connectivity index (χ1v) is 8.04. The topological polar surface area (TPSA) is 87.4 Å². The van der Waals surface area contributed by atoms with Crippen molar-refractivity contribution in [3.63, 3.8) is 0 Å². The summed E-state index contributed by atoms with van der Waals surface area (Å²) in [7, 11) is 3.12. The molecule has 3 aromatic rings. The maximum atomic E-state index is 9.53. The van der Waals surface area contributed by atoms with Crippen molar-refractivity contribution < 1.29 is 14.6 Å². The van der Waals surface area contributed by atoms with E-state index >= 15 is 0 Å². The fourth-order valence-corrected chi connectivity index (χ4v) is 2.92. The Morgan fingerprint density at radius 1 is 1.19 bits per heavy atom. The molecule has 6 heteroatoms. The van der Waals surface area contributed by atoms with Crippen molar-refractivity contribution in [2.45, 2.75) is 13.5 Å². The third kappa shape index (κ3) is 2.89. The summed E-state index contributed by atoms with van der Waals surface area (Å²) in [4.78, 5) is 4.38. The van der Waals surface area contributed by atoms with E-state index in [0.29, 0.717) is 28.3 Å². The van der Waals surface area contributed by atoms with Crippen LogP contribution in [0.2, 0.25) is 0 Å². The minimum absolute atomic E-state index is 0.0470. The summed E-state index contributed by atoms with van der Waals surface area (Å²) in [6.45, 7) is 1.88. The third-order valence-corrected chi connectivity index (χ3v) is 4.38. The highest BCUT2D eigenvalue weighted by atomic mass is 16.5. The Morgan fingerprint density at radius 3 is 2.65 bits per heavy atom. The Bertz CT molecular complexity index is 1010. The lowest BCUT2D eigenvalue weighted by molar-refractivity contribution is 0.281. The zero-order chi connectivity index (χ0) is 18.7. The lowest BCUT2D eigenvalue weighted by Crippen LogP contribution is -2.01. The minimum Gasteiger partial charge on any atom is -0.493 e. The molecule has 1 heterocycles. The van der Waals surface area contributed by atoms with Crippen molar-refractivity contribution in [2.24, 2.45) is 0 Å². The molecule has 0 saturated carbocycles. The first-order chi connectivity index (χ1) is 12.6. The molecule has 0 atom stereocenters. The number of anilines is 2. The van der Waals surface area contributed by atoms with Gasteiger partial charge in [-0.25, -0.2) is 0 Å². The number of ether oxygens (including phenoxy) is 2. The van der Waals surface area contributed by atoms with E-state index in [0.717, 1.165) is 22.2 Å². The number of nitrogens with one attached hydrogen (secondary N) is 1. The molecule has 0 saturated heterocycles. The number of rotatable bonds is 5. The zero-order valence-electron chi connectivity index (χ0n) is 14.8. The molecule has 132 valence electrons. The fraction of sp³-hybridized carbons (Fsp3) is 0.200. The molecule has 0 fully saturated rings. The Kier molecular flexibility index (Phi) is 4.92. The summed E-state index contributed by atoms with van der Waals surface area (Å²) < 4.78 is 10.8. The van der Waals surface area contributed by atoms with Gasteiger partial charge < -0.3 is 19.9 Å². The van der Waals surface area contributed by atoms with Crippen LogP contribution >= 0.6 is 0 Å². The lowest BCUT2D eigenvalue weighted by atomic mass is 10.0. The summed E-state index contributed by atoms with van der Waals surface area (Å²) in [5.74, 6) is 1.08. The van der Waals surface area contributed by atoms with Crippen molar-refractivity contribution in [1.82, 2.24) is 4.98 Å². The zero-order valence-corrected chi connectivity index (χ0v) is 14.8. The van der Waals surface area contributed by atoms with Gasteiger partial charge in [-0.3, -0.25) is 4.98 Å². The van der Waals surface area contributed by atoms with E-state index in [1.54, 1.807) is 20.3 Å². The van der Waals surface area contributed by atoms with Crippen LogP contribution in [0, 0.1) is 18.3 Å². The molecule has 0 aliphatic rings. The van der Waals surface area contributed by atoms with Crippen LogP contribution in [0.15, 0.2) is 36.5 Å². The Morgan fingerprint density at radius 2 is 2.00 bits per heavy atom. The number of aliphatic hydroxyl groups excluding tert-OH is 1. The van der Waals surface area contributed by atoms with E-state index in [4.69, 9.17) is 9.47 Å². The molecule has 0 aliphatic heterocycles. The number of fused-ring (bicyclic) bond motifs is 1. The monoisotopic (exact) mass is 349 g/mol. The van der Waals surface area contributed by atoms with Crippen molar-refractivity contribution >= 4 is 22.3 Å². The van der Waals surface area contributed by atoms with Crippen molar-refractivity contribution in [3.8, 4) is 17.6 Å². The van der Waals surface area contributed by atoms with Gasteiger partial charge in [0.05, 0.1) is 32.1 Å². The first kappa shape index (κ1) is 17.5. The molecule has 2 aromatic carbocycles. The van der Waals surface area contributed by atoms with E-state index in [1.165, 1.54) is 6.20 Å². The predicted octanol–water partition coefficient (Wildman–Crippen LogP) is 3.67. The van der Waals surface area contributed by atoms with Gasteiger partial charge in [-0.15, -0.1) is 0 Å². The number of benzene rings is 2. The molecular formula is C20H19N3O3. The van der Waals surface area contributed by atoms with Crippen LogP contribution in [-0.2, 0) is 6.61 Å². The standard InChI is InChI=1S/C20H19N3O3/c1-12-13(11-24)5-4-6-16(12)23-18-14(9-21)10-22-19-15(18)7-8-17(25-2)20(19)26-3/h4-8,10,24H,11H2,1-3H3,(H,22,23). The Balaban J connectivity index is 2.23. The second-order valence-corrected chi connectivity index (χ2v) is 5.73. The first-order valence-electron chi connectivity index (χ1n) is 8.04. The van der Waals surface area contributed by atoms with E-state index in [2.05, 4.69) is 16.4 Å². The van der Waals surface area contributed by atoms with Crippen LogP contribution in [-0.4, -0.2) is 24.3 Å². The van der Waals surface area contributed by atoms with Gasteiger partial charge in [-0.05, 0) is 36.2 Å². The Hall–Kier alpha value is -3.30. The largest absolute Gasteiger partial charge is 0.493 e. The van der Waals surface area contributed by atoms with Gasteiger partial charge in [0, 0.05) is 17.3 Å². The predicted molar refractivity (Wildman–Crippen MR) is 99.9 cm³/mol. The van der Waals surface area contributed by atoms with Gasteiger partial charge in [0.2, 0.25) is 0 Å². The fourth-order valence-electron chi connectivity index (χ4n) is 2.92. The van der Waals surface area contributed by atoms with Crippen LogP contribution < -0.4 is 14.8 Å². The quantitative estimate of drug-likeness (QED) is 0.731. The van der Waals surface area contributed by atoms with Crippen LogP contribution in [0.3, 0.4) is 0 Å². The molecular weight excluding hydrogens is 330 g/mol. The SMILES string of the molecule is COc1ccc2c(Nc3cccc(CO)c3C)c(C#N)cnc2c1OC. The molecule has 0 radical (unpaired) electrons. The van der Waals surface area contributed by atoms with Gasteiger partial charge in [0.15, 0.2) is 11.5 Å². The number of nitrogens with zero attached hydrogens (tertiary/aromatic N) is 2. The van der Waals surface area contributed by atoms with Crippen LogP contribution in [0.25, 0.3) is 10.9 Å². The van der Waals surface area contributed by atoms with E-state index in [-0.39, 0.29) is 6.61 Å². The molecule has 3 rings (SSSR count). The van der Waals surface area contributed by atoms with Gasteiger partial charge >= 0.3 is 0 Å². The van der Waals surface area contributed by atoms with Gasteiger partial charge in [0.1, 0.15) is 11.6 Å². The molecule has 0 aliphatic carbocycles. The second kappa shape index (κ2) is 7.30. The number of nitriles is 1. The number of aromatic nitrogens is 1. The normalized spacial score (nSPS) is 10.4. The average Bonchev–Trinajstić information content (AvgIpc) is 2.68. The summed E-state index contributed by atoms with van der Waals surface area (Å²) in [5.41, 5.74) is 4.21. The number of hydrogen-bond acceptors (Lipinski definition) is 6. The number of aliphatic hydroxyl groups is 1. The van der Waals surface area contributed by atoms with Crippen molar-refractivity contribution in [2.75, 3.05) is 19.5 Å². The second-order valence-electron chi connectivity index (χ2n) is 5.73. The maximum Gasteiger partial charge on any atom is 0.187 e. The summed E-state index contributed by atoms with van der Waals surface area (Å²) >= 11 is 0. The van der Waals surface area contributed by atoms with Crippen LogP contribution in [0.1, 0.15) is 16.7 Å². The highest BCUT2D eigenvalue weighted by Gasteiger charge is 2.16. The molecule has 1 aromatic heterocycles. The molecule has 0 spiro atoms. The smallest absolute Gasteiger partial charge is 0.187 e. The van der Waals surface area contributed by atoms with Gasteiger partial charge in [0.25, 0.3) is 0 Å². The molecule has 6 nitrogen and oxygen atoms in total. The van der Waals surface area contributed by atoms with Crippen LogP contribution in [0.4, 0.5) is 11.4 Å². The highest BCUT2D eigenvalue weighted by Crippen LogP contribution is 2.39. The molecule has 0 amide bonds. The number of pyridine rings is 1. The highest BCUT2D eigenvalue weighted by molar-refractivity contribution is 6.00. The maximum absolute atomic E-state index is 9.53. The molecule has 0 unspecified atom stereocenters. The summed E-state index contributed by atoms with van der Waals surface area (Å²) in [6.07, 6.45) is 1.51. The minimum atomic E-state index is -0.0470. The summed E-state index contributed by atoms with van der Waals surface area (Å²) in [6, 6.07) is 11.4. The molecule has 2 N–H and O–H groups in total. The van der Waals surface area contributed by atoms with Crippen molar-refractivity contribution in [1.29, 1.82) is 5.26 Å². The summed E-state index contributed by atoms with van der Waals surface area (Å²) in [5, 5.41) is 23.1. The van der Waals surface area contributed by atoms with E-state index in [9.17, 15) is 10.4 Å². The van der Waals surface area contributed by atoms with E-state index in [1.807, 2.05) is 31.2 Å². The Labute approximate surface area is 151 Å². The average molecular weight is 349 g/mol. The number of hydrogen-bond donors (Lipinski definition) is 2. The number of methoxy groups -OCH3 is 2. The third-order valence-electron chi connectivity index (χ3n) is 4.38. The van der Waals surface area contributed by atoms with Gasteiger partial charge in [-0.1, -0.05) is 12.1 Å². The van der Waals surface area contributed by atoms with E-state index < -0.39 is 0 Å².